The van der Waals surface area contributed by atoms with Crippen LogP contribution in [0.3, 0.4) is 0 Å². The largest absolute Gasteiger partial charge is 0.398 e. The Labute approximate surface area is 124 Å². The van der Waals surface area contributed by atoms with E-state index in [1.807, 2.05) is 13.8 Å². The summed E-state index contributed by atoms with van der Waals surface area (Å²) in [6, 6.07) is 5.22. The number of nitrogens with one attached hydrogen (secondary N) is 1. The van der Waals surface area contributed by atoms with E-state index in [1.165, 1.54) is 0 Å². The monoisotopic (exact) mass is 346 g/mol. The summed E-state index contributed by atoms with van der Waals surface area (Å²) in [5.74, 6) is -0.216. The van der Waals surface area contributed by atoms with E-state index in [9.17, 15) is 9.00 Å². The number of carbonyl (C=O) groups is 1. The van der Waals surface area contributed by atoms with Gasteiger partial charge in [-0.3, -0.25) is 9.00 Å². The van der Waals surface area contributed by atoms with Crippen LogP contribution in [-0.2, 0) is 15.6 Å². The fraction of sp³-hybridized carbons (Fsp3) is 0.462. The number of carbonyl (C=O) groups excluding carboxylic acids is 1. The Morgan fingerprint density at radius 1 is 1.47 bits per heavy atom. The molecule has 1 aromatic rings. The minimum absolute atomic E-state index is 0.0757. The third kappa shape index (κ3) is 4.31. The lowest BCUT2D eigenvalue weighted by atomic mass is 10.2. The van der Waals surface area contributed by atoms with Crippen molar-refractivity contribution in [3.63, 3.8) is 0 Å². The molecule has 4 nitrogen and oxygen atoms in total. The van der Waals surface area contributed by atoms with Crippen LogP contribution in [0.2, 0.25) is 0 Å². The Kier molecular flexibility index (Phi) is 6.00. The fourth-order valence-electron chi connectivity index (χ4n) is 1.43. The lowest BCUT2D eigenvalue weighted by Gasteiger charge is -2.17. The minimum atomic E-state index is -1.47. The van der Waals surface area contributed by atoms with E-state index in [4.69, 9.17) is 5.73 Å². The number of nitrogen functional groups attached to an aromatic ring is 1. The zero-order valence-electron chi connectivity index (χ0n) is 11.3. The van der Waals surface area contributed by atoms with Gasteiger partial charge in [0, 0.05) is 16.2 Å². The van der Waals surface area contributed by atoms with Gasteiger partial charge < -0.3 is 11.1 Å². The molecular weight excluding hydrogens is 328 g/mol. The van der Waals surface area contributed by atoms with Crippen LogP contribution in [0.5, 0.6) is 0 Å². The van der Waals surface area contributed by atoms with Crippen LogP contribution < -0.4 is 11.1 Å². The van der Waals surface area contributed by atoms with Crippen molar-refractivity contribution in [2.45, 2.75) is 43.4 Å². The van der Waals surface area contributed by atoms with Gasteiger partial charge in [0.25, 0.3) is 0 Å². The Morgan fingerprint density at radius 3 is 2.68 bits per heavy atom. The van der Waals surface area contributed by atoms with Gasteiger partial charge in [-0.25, -0.2) is 0 Å². The Hall–Kier alpha value is -0.880. The number of nitrogens with two attached hydrogens (primary N) is 1. The van der Waals surface area contributed by atoms with E-state index in [1.54, 1.807) is 25.1 Å². The molecule has 0 bridgehead atoms. The SMILES string of the molecule is CCC(C)NC(=O)C(C)S(=O)c1cc(Br)ccc1N. The predicted octanol–water partition coefficient (Wildman–Crippen LogP) is 2.44. The topological polar surface area (TPSA) is 72.2 Å². The molecule has 3 unspecified atom stereocenters. The van der Waals surface area contributed by atoms with Crippen LogP contribution in [0.4, 0.5) is 5.69 Å². The summed E-state index contributed by atoms with van der Waals surface area (Å²) in [7, 11) is -1.47. The van der Waals surface area contributed by atoms with E-state index in [2.05, 4.69) is 21.2 Å². The third-order valence-corrected chi connectivity index (χ3v) is 5.02. The molecule has 3 atom stereocenters. The summed E-state index contributed by atoms with van der Waals surface area (Å²) < 4.78 is 13.2. The third-order valence-electron chi connectivity index (χ3n) is 2.88. The Balaban J connectivity index is 2.87. The zero-order valence-corrected chi connectivity index (χ0v) is 13.7. The number of benzene rings is 1. The van der Waals surface area contributed by atoms with Crippen molar-refractivity contribution in [2.24, 2.45) is 0 Å². The van der Waals surface area contributed by atoms with Crippen LogP contribution in [0.25, 0.3) is 0 Å². The van der Waals surface area contributed by atoms with Crippen LogP contribution in [0.15, 0.2) is 27.6 Å². The predicted molar refractivity (Wildman–Crippen MR) is 82.3 cm³/mol. The van der Waals surface area contributed by atoms with Gasteiger partial charge in [0.05, 0.1) is 15.7 Å². The smallest absolute Gasteiger partial charge is 0.236 e. The highest BCUT2D eigenvalue weighted by Crippen LogP contribution is 2.23. The van der Waals surface area contributed by atoms with Crippen molar-refractivity contribution in [1.29, 1.82) is 0 Å². The number of rotatable bonds is 5. The van der Waals surface area contributed by atoms with Crippen LogP contribution >= 0.6 is 15.9 Å². The maximum atomic E-state index is 12.4. The Bertz CT molecular complexity index is 494. The summed E-state index contributed by atoms with van der Waals surface area (Å²) in [6.07, 6.45) is 0.837. The zero-order chi connectivity index (χ0) is 14.6. The highest BCUT2D eigenvalue weighted by molar-refractivity contribution is 9.10. The van der Waals surface area contributed by atoms with Gasteiger partial charge in [-0.1, -0.05) is 22.9 Å². The number of halogens is 1. The number of anilines is 1. The molecule has 1 aromatic carbocycles. The van der Waals surface area contributed by atoms with Crippen molar-refractivity contribution >= 4 is 38.3 Å². The summed E-state index contributed by atoms with van der Waals surface area (Å²) in [6.45, 7) is 5.55. The molecule has 0 saturated heterocycles. The molecule has 0 heterocycles. The molecule has 6 heteroatoms. The molecule has 1 rings (SSSR count). The van der Waals surface area contributed by atoms with Crippen LogP contribution in [0, 0.1) is 0 Å². The van der Waals surface area contributed by atoms with E-state index in [-0.39, 0.29) is 11.9 Å². The molecule has 0 aliphatic carbocycles. The molecule has 0 saturated carbocycles. The molecular formula is C13H19BrN2O2S. The lowest BCUT2D eigenvalue weighted by Crippen LogP contribution is -2.40. The van der Waals surface area contributed by atoms with Crippen molar-refractivity contribution in [3.8, 4) is 0 Å². The van der Waals surface area contributed by atoms with Gasteiger partial charge in [0.2, 0.25) is 5.91 Å². The van der Waals surface area contributed by atoms with Crippen molar-refractivity contribution in [2.75, 3.05) is 5.73 Å². The molecule has 0 radical (unpaired) electrons. The quantitative estimate of drug-likeness (QED) is 0.804. The molecule has 106 valence electrons. The second kappa shape index (κ2) is 7.05. The van der Waals surface area contributed by atoms with Crippen LogP contribution in [-0.4, -0.2) is 21.4 Å². The van der Waals surface area contributed by atoms with Gasteiger partial charge in [-0.05, 0) is 38.5 Å². The first-order valence-corrected chi connectivity index (χ1v) is 8.13. The van der Waals surface area contributed by atoms with Gasteiger partial charge in [-0.2, -0.15) is 0 Å². The van der Waals surface area contributed by atoms with Gasteiger partial charge in [-0.15, -0.1) is 0 Å². The van der Waals surface area contributed by atoms with Gasteiger partial charge in [0.15, 0.2) is 0 Å². The van der Waals surface area contributed by atoms with E-state index in [0.29, 0.717) is 10.6 Å². The first-order valence-electron chi connectivity index (χ1n) is 6.12. The highest BCUT2D eigenvalue weighted by Gasteiger charge is 2.23. The standard InChI is InChI=1S/C13H19BrN2O2S/c1-4-8(2)16-13(17)9(3)19(18)12-7-10(14)5-6-11(12)15/h5-9H,4,15H2,1-3H3,(H,16,17). The maximum absolute atomic E-state index is 12.4. The molecule has 0 aliphatic heterocycles. The molecule has 1 amide bonds. The van der Waals surface area contributed by atoms with Gasteiger partial charge in [0.1, 0.15) is 5.25 Å². The summed E-state index contributed by atoms with van der Waals surface area (Å²) >= 11 is 3.31. The van der Waals surface area contributed by atoms with Crippen molar-refractivity contribution in [3.05, 3.63) is 22.7 Å². The van der Waals surface area contributed by atoms with E-state index < -0.39 is 16.0 Å². The number of amides is 1. The van der Waals surface area contributed by atoms with E-state index >= 15 is 0 Å². The maximum Gasteiger partial charge on any atom is 0.236 e. The molecule has 0 fully saturated rings. The van der Waals surface area contributed by atoms with Gasteiger partial charge >= 0.3 is 0 Å². The minimum Gasteiger partial charge on any atom is -0.398 e. The normalized spacial score (nSPS) is 15.6. The molecule has 19 heavy (non-hydrogen) atoms. The second-order valence-corrected chi connectivity index (χ2v) is 7.10. The van der Waals surface area contributed by atoms with Crippen LogP contribution in [0.1, 0.15) is 27.2 Å². The molecule has 0 spiro atoms. The number of hydrogen-bond donors (Lipinski definition) is 2. The average molecular weight is 347 g/mol. The van der Waals surface area contributed by atoms with Crippen molar-refractivity contribution in [1.82, 2.24) is 5.32 Å². The summed E-state index contributed by atoms with van der Waals surface area (Å²) in [5, 5.41) is 2.20. The number of hydrogen-bond acceptors (Lipinski definition) is 3. The Morgan fingerprint density at radius 2 is 2.11 bits per heavy atom. The lowest BCUT2D eigenvalue weighted by molar-refractivity contribution is -0.120. The molecule has 0 aliphatic rings. The first kappa shape index (κ1) is 16.2. The summed E-state index contributed by atoms with van der Waals surface area (Å²) in [4.78, 5) is 12.5. The van der Waals surface area contributed by atoms with E-state index in [0.717, 1.165) is 10.9 Å². The second-order valence-electron chi connectivity index (χ2n) is 4.44. The molecule has 3 N–H and O–H groups in total. The first-order chi connectivity index (χ1) is 8.86. The average Bonchev–Trinajstić information content (AvgIpc) is 2.39. The fourth-order valence-corrected chi connectivity index (χ4v) is 3.13. The molecule has 0 aromatic heterocycles. The summed E-state index contributed by atoms with van der Waals surface area (Å²) in [5.41, 5.74) is 6.25. The van der Waals surface area contributed by atoms with Crippen molar-refractivity contribution < 1.29 is 9.00 Å². The highest BCUT2D eigenvalue weighted by atomic mass is 79.9.